The quantitative estimate of drug-likeness (QED) is 0.901. The zero-order valence-electron chi connectivity index (χ0n) is 11.2. The summed E-state index contributed by atoms with van der Waals surface area (Å²) in [6.07, 6.45) is -0.0577. The van der Waals surface area contributed by atoms with Crippen LogP contribution < -0.4 is 4.74 Å². The zero-order chi connectivity index (χ0) is 14.5. The Morgan fingerprint density at radius 2 is 2.05 bits per heavy atom. The Morgan fingerprint density at radius 3 is 2.65 bits per heavy atom. The topological polar surface area (TPSA) is 66.8 Å². The second kappa shape index (κ2) is 6.65. The Hall–Kier alpha value is -1.69. The molecule has 1 aliphatic rings. The van der Waals surface area contributed by atoms with Gasteiger partial charge in [0.2, 0.25) is 5.91 Å². The highest BCUT2D eigenvalue weighted by atomic mass is 32.2. The molecule has 1 aromatic rings. The number of thioether (sulfide) groups is 1. The SMILES string of the molecule is COc1ccc([C@H]2SCCN2C(=O)CCC(=O)O)cc1. The first-order valence-corrected chi connectivity index (χ1v) is 7.43. The van der Waals surface area contributed by atoms with E-state index in [9.17, 15) is 9.59 Å². The number of amides is 1. The van der Waals surface area contributed by atoms with Gasteiger partial charge in [0.05, 0.1) is 13.5 Å². The fourth-order valence-corrected chi connectivity index (χ4v) is 3.41. The van der Waals surface area contributed by atoms with E-state index in [2.05, 4.69) is 0 Å². The molecule has 1 N–H and O–H groups in total. The average molecular weight is 295 g/mol. The van der Waals surface area contributed by atoms with Crippen molar-refractivity contribution in [3.63, 3.8) is 0 Å². The van der Waals surface area contributed by atoms with Crippen molar-refractivity contribution in [2.75, 3.05) is 19.4 Å². The molecule has 5 nitrogen and oxygen atoms in total. The molecule has 1 fully saturated rings. The highest BCUT2D eigenvalue weighted by Crippen LogP contribution is 2.38. The molecule has 1 heterocycles. The third-order valence-corrected chi connectivity index (χ3v) is 4.43. The van der Waals surface area contributed by atoms with E-state index in [1.54, 1.807) is 23.8 Å². The van der Waals surface area contributed by atoms with Crippen LogP contribution in [0.2, 0.25) is 0 Å². The van der Waals surface area contributed by atoms with Crippen LogP contribution >= 0.6 is 11.8 Å². The van der Waals surface area contributed by atoms with Gasteiger partial charge in [0.25, 0.3) is 0 Å². The molecule has 0 radical (unpaired) electrons. The van der Waals surface area contributed by atoms with Gasteiger partial charge in [-0.05, 0) is 17.7 Å². The Labute approximate surface area is 121 Å². The number of hydrogen-bond acceptors (Lipinski definition) is 4. The third kappa shape index (κ3) is 3.45. The molecule has 0 bridgehead atoms. The first-order chi connectivity index (χ1) is 9.61. The van der Waals surface area contributed by atoms with E-state index in [4.69, 9.17) is 9.84 Å². The van der Waals surface area contributed by atoms with Crippen LogP contribution in [0.5, 0.6) is 5.75 Å². The molecular weight excluding hydrogens is 278 g/mol. The summed E-state index contributed by atoms with van der Waals surface area (Å²) in [5.74, 6) is 0.611. The lowest BCUT2D eigenvalue weighted by molar-refractivity contribution is -0.141. The van der Waals surface area contributed by atoms with Gasteiger partial charge in [0.15, 0.2) is 0 Å². The normalized spacial score (nSPS) is 18.1. The van der Waals surface area contributed by atoms with E-state index in [-0.39, 0.29) is 24.1 Å². The summed E-state index contributed by atoms with van der Waals surface area (Å²) in [4.78, 5) is 24.4. The average Bonchev–Trinajstić information content (AvgIpc) is 2.94. The number of carbonyl (C=O) groups is 2. The molecule has 1 saturated heterocycles. The van der Waals surface area contributed by atoms with E-state index in [0.29, 0.717) is 6.54 Å². The van der Waals surface area contributed by atoms with Crippen molar-refractivity contribution < 1.29 is 19.4 Å². The number of nitrogens with zero attached hydrogens (tertiary/aromatic N) is 1. The summed E-state index contributed by atoms with van der Waals surface area (Å²) >= 11 is 1.70. The van der Waals surface area contributed by atoms with Crippen molar-refractivity contribution >= 4 is 23.6 Å². The number of carboxylic acid groups (broad SMARTS) is 1. The minimum Gasteiger partial charge on any atom is -0.497 e. The molecule has 20 heavy (non-hydrogen) atoms. The second-order valence-corrected chi connectivity index (χ2v) is 5.67. The maximum Gasteiger partial charge on any atom is 0.303 e. The summed E-state index contributed by atoms with van der Waals surface area (Å²) in [7, 11) is 1.61. The molecular formula is C14H17NO4S. The maximum atomic E-state index is 12.1. The second-order valence-electron chi connectivity index (χ2n) is 4.48. The van der Waals surface area contributed by atoms with Crippen LogP contribution in [0.4, 0.5) is 0 Å². The standard InChI is InChI=1S/C14H17NO4S/c1-19-11-4-2-10(3-5-11)14-15(8-9-20-14)12(16)6-7-13(17)18/h2-5,14H,6-9H2,1H3,(H,17,18)/t14-/m1/s1. The third-order valence-electron chi connectivity index (χ3n) is 3.17. The van der Waals surface area contributed by atoms with Crippen LogP contribution in [-0.2, 0) is 9.59 Å². The van der Waals surface area contributed by atoms with E-state index in [1.165, 1.54) is 0 Å². The Kier molecular flexibility index (Phi) is 4.89. The fourth-order valence-electron chi connectivity index (χ4n) is 2.13. The summed E-state index contributed by atoms with van der Waals surface area (Å²) in [6.45, 7) is 0.666. The minimum atomic E-state index is -0.939. The number of carboxylic acids is 1. The smallest absolute Gasteiger partial charge is 0.303 e. The Balaban J connectivity index is 2.05. The van der Waals surface area contributed by atoms with E-state index < -0.39 is 5.97 Å². The van der Waals surface area contributed by atoms with Crippen LogP contribution in [0.1, 0.15) is 23.8 Å². The van der Waals surface area contributed by atoms with Crippen molar-refractivity contribution in [1.29, 1.82) is 0 Å². The van der Waals surface area contributed by atoms with Crippen molar-refractivity contribution in [2.24, 2.45) is 0 Å². The fraction of sp³-hybridized carbons (Fsp3) is 0.429. The van der Waals surface area contributed by atoms with E-state index >= 15 is 0 Å². The van der Waals surface area contributed by atoms with Crippen LogP contribution in [-0.4, -0.2) is 41.3 Å². The lowest BCUT2D eigenvalue weighted by atomic mass is 10.2. The van der Waals surface area contributed by atoms with Gasteiger partial charge in [0, 0.05) is 18.7 Å². The maximum absolute atomic E-state index is 12.1. The highest BCUT2D eigenvalue weighted by molar-refractivity contribution is 7.99. The van der Waals surface area contributed by atoms with Crippen LogP contribution in [0.25, 0.3) is 0 Å². The van der Waals surface area contributed by atoms with Crippen molar-refractivity contribution in [1.82, 2.24) is 4.90 Å². The molecule has 0 aromatic heterocycles. The largest absolute Gasteiger partial charge is 0.497 e. The predicted molar refractivity (Wildman–Crippen MR) is 76.8 cm³/mol. The number of rotatable bonds is 5. The summed E-state index contributed by atoms with van der Waals surface area (Å²) in [6, 6.07) is 7.63. The molecule has 2 rings (SSSR count). The number of ether oxygens (including phenoxy) is 1. The van der Waals surface area contributed by atoms with E-state index in [1.807, 2.05) is 24.3 Å². The van der Waals surface area contributed by atoms with Gasteiger partial charge in [-0.3, -0.25) is 9.59 Å². The van der Waals surface area contributed by atoms with Crippen molar-refractivity contribution in [2.45, 2.75) is 18.2 Å². The molecule has 0 saturated carbocycles. The molecule has 0 unspecified atom stereocenters. The molecule has 0 aliphatic carbocycles. The van der Waals surface area contributed by atoms with E-state index in [0.717, 1.165) is 17.1 Å². The molecule has 1 atom stereocenters. The number of aliphatic carboxylic acids is 1. The van der Waals surface area contributed by atoms with Crippen molar-refractivity contribution in [3.05, 3.63) is 29.8 Å². The minimum absolute atomic E-state index is 0.0257. The van der Waals surface area contributed by atoms with Crippen molar-refractivity contribution in [3.8, 4) is 5.75 Å². The number of benzene rings is 1. The van der Waals surface area contributed by atoms with Gasteiger partial charge in [0.1, 0.15) is 11.1 Å². The van der Waals surface area contributed by atoms with Gasteiger partial charge < -0.3 is 14.7 Å². The molecule has 1 amide bonds. The van der Waals surface area contributed by atoms with Gasteiger partial charge in [-0.2, -0.15) is 0 Å². The zero-order valence-corrected chi connectivity index (χ0v) is 12.1. The number of methoxy groups -OCH3 is 1. The van der Waals surface area contributed by atoms with Gasteiger partial charge in [-0.25, -0.2) is 0 Å². The van der Waals surface area contributed by atoms with Gasteiger partial charge in [-0.15, -0.1) is 11.8 Å². The summed E-state index contributed by atoms with van der Waals surface area (Å²) < 4.78 is 5.12. The van der Waals surface area contributed by atoms with Crippen LogP contribution in [0, 0.1) is 0 Å². The molecule has 1 aromatic carbocycles. The molecule has 108 valence electrons. The van der Waals surface area contributed by atoms with Gasteiger partial charge >= 0.3 is 5.97 Å². The Bertz CT molecular complexity index is 488. The van der Waals surface area contributed by atoms with Crippen LogP contribution in [0.3, 0.4) is 0 Å². The number of carbonyl (C=O) groups excluding carboxylic acids is 1. The number of hydrogen-bond donors (Lipinski definition) is 1. The van der Waals surface area contributed by atoms with Crippen LogP contribution in [0.15, 0.2) is 24.3 Å². The lowest BCUT2D eigenvalue weighted by Gasteiger charge is -2.24. The Morgan fingerprint density at radius 1 is 1.35 bits per heavy atom. The monoisotopic (exact) mass is 295 g/mol. The van der Waals surface area contributed by atoms with Gasteiger partial charge in [-0.1, -0.05) is 12.1 Å². The first kappa shape index (κ1) is 14.7. The summed E-state index contributed by atoms with van der Waals surface area (Å²) in [5, 5.41) is 8.63. The molecule has 6 heteroatoms. The first-order valence-electron chi connectivity index (χ1n) is 6.38. The molecule has 0 spiro atoms. The molecule has 1 aliphatic heterocycles. The summed E-state index contributed by atoms with van der Waals surface area (Å²) in [5.41, 5.74) is 1.04. The highest BCUT2D eigenvalue weighted by Gasteiger charge is 2.30. The predicted octanol–water partition coefficient (Wildman–Crippen LogP) is 2.13. The lowest BCUT2D eigenvalue weighted by Crippen LogP contribution is -2.30.